The molecule has 1 aliphatic carbocycles. The van der Waals surface area contributed by atoms with Crippen LogP contribution >= 0.6 is 0 Å². The zero-order valence-corrected chi connectivity index (χ0v) is 12.2. The zero-order chi connectivity index (χ0) is 15.2. The number of amides is 1. The van der Waals surface area contributed by atoms with Gasteiger partial charge in [0.1, 0.15) is 0 Å². The van der Waals surface area contributed by atoms with E-state index in [9.17, 15) is 14.7 Å². The Labute approximate surface area is 124 Å². The average molecular weight is 291 g/mol. The fourth-order valence-corrected chi connectivity index (χ4v) is 2.82. The van der Waals surface area contributed by atoms with Gasteiger partial charge in [-0.05, 0) is 30.5 Å². The molecule has 1 amide bonds. The van der Waals surface area contributed by atoms with Gasteiger partial charge >= 0.3 is 5.97 Å². The molecule has 1 fully saturated rings. The standard InChI is InChI=1S/C16H21NO4/c1-21-10-11-5-4-6-12(9-11)15(18)17-14-8-3-2-7-13(14)16(19)20/h4-6,9,13-14H,2-3,7-8,10H2,1H3,(H,17,18)(H,19,20). The molecule has 0 aromatic heterocycles. The van der Waals surface area contributed by atoms with Gasteiger partial charge in [0.2, 0.25) is 0 Å². The molecule has 2 unspecified atom stereocenters. The summed E-state index contributed by atoms with van der Waals surface area (Å²) in [4.78, 5) is 23.5. The lowest BCUT2D eigenvalue weighted by Gasteiger charge is -2.29. The number of carbonyl (C=O) groups excluding carboxylic acids is 1. The van der Waals surface area contributed by atoms with Crippen molar-refractivity contribution >= 4 is 11.9 Å². The van der Waals surface area contributed by atoms with Crippen LogP contribution in [0.5, 0.6) is 0 Å². The maximum atomic E-state index is 12.3. The van der Waals surface area contributed by atoms with Crippen molar-refractivity contribution in [3.05, 3.63) is 35.4 Å². The van der Waals surface area contributed by atoms with E-state index in [2.05, 4.69) is 5.32 Å². The summed E-state index contributed by atoms with van der Waals surface area (Å²) >= 11 is 0. The number of carboxylic acid groups (broad SMARTS) is 1. The van der Waals surface area contributed by atoms with Gasteiger partial charge in [-0.15, -0.1) is 0 Å². The van der Waals surface area contributed by atoms with E-state index < -0.39 is 11.9 Å². The second-order valence-electron chi connectivity index (χ2n) is 5.44. The lowest BCUT2D eigenvalue weighted by atomic mass is 9.84. The van der Waals surface area contributed by atoms with Crippen molar-refractivity contribution in [2.24, 2.45) is 5.92 Å². The Morgan fingerprint density at radius 2 is 2.10 bits per heavy atom. The minimum absolute atomic E-state index is 0.217. The predicted octanol–water partition coefficient (Wildman–Crippen LogP) is 2.21. The van der Waals surface area contributed by atoms with Crippen LogP contribution in [0.1, 0.15) is 41.6 Å². The van der Waals surface area contributed by atoms with E-state index in [4.69, 9.17) is 4.74 Å². The molecule has 1 saturated carbocycles. The molecule has 114 valence electrons. The second-order valence-corrected chi connectivity index (χ2v) is 5.44. The normalized spacial score (nSPS) is 21.8. The largest absolute Gasteiger partial charge is 0.481 e. The highest BCUT2D eigenvalue weighted by molar-refractivity contribution is 5.94. The lowest BCUT2D eigenvalue weighted by Crippen LogP contribution is -2.45. The number of hydrogen-bond donors (Lipinski definition) is 2. The van der Waals surface area contributed by atoms with Gasteiger partial charge in [-0.3, -0.25) is 9.59 Å². The van der Waals surface area contributed by atoms with Crippen LogP contribution in [0, 0.1) is 5.92 Å². The Morgan fingerprint density at radius 3 is 2.81 bits per heavy atom. The van der Waals surface area contributed by atoms with E-state index in [1.165, 1.54) is 0 Å². The maximum Gasteiger partial charge on any atom is 0.308 e. The van der Waals surface area contributed by atoms with Crippen LogP contribution in [0.15, 0.2) is 24.3 Å². The first-order valence-corrected chi connectivity index (χ1v) is 7.23. The number of ether oxygens (including phenoxy) is 1. The van der Waals surface area contributed by atoms with Gasteiger partial charge in [-0.25, -0.2) is 0 Å². The fourth-order valence-electron chi connectivity index (χ4n) is 2.82. The molecule has 1 aliphatic rings. The van der Waals surface area contributed by atoms with Gasteiger partial charge in [0.25, 0.3) is 5.91 Å². The van der Waals surface area contributed by atoms with Crippen LogP contribution in [-0.4, -0.2) is 30.1 Å². The van der Waals surface area contributed by atoms with Crippen LogP contribution in [0.3, 0.4) is 0 Å². The average Bonchev–Trinajstić information content (AvgIpc) is 2.48. The van der Waals surface area contributed by atoms with Crippen molar-refractivity contribution in [3.8, 4) is 0 Å². The van der Waals surface area contributed by atoms with Crippen LogP contribution in [0.4, 0.5) is 0 Å². The molecule has 2 N–H and O–H groups in total. The van der Waals surface area contributed by atoms with Crippen molar-refractivity contribution in [1.29, 1.82) is 0 Å². The first kappa shape index (κ1) is 15.5. The van der Waals surface area contributed by atoms with Crippen molar-refractivity contribution in [1.82, 2.24) is 5.32 Å². The van der Waals surface area contributed by atoms with Crippen LogP contribution in [0.2, 0.25) is 0 Å². The van der Waals surface area contributed by atoms with E-state index >= 15 is 0 Å². The second kappa shape index (κ2) is 7.22. The van der Waals surface area contributed by atoms with Gasteiger partial charge in [0, 0.05) is 18.7 Å². The highest BCUT2D eigenvalue weighted by Gasteiger charge is 2.31. The first-order chi connectivity index (χ1) is 10.1. The summed E-state index contributed by atoms with van der Waals surface area (Å²) in [6, 6.07) is 6.92. The highest BCUT2D eigenvalue weighted by atomic mass is 16.5. The lowest BCUT2D eigenvalue weighted by molar-refractivity contribution is -0.143. The molecule has 0 heterocycles. The SMILES string of the molecule is COCc1cccc(C(=O)NC2CCCCC2C(=O)O)c1. The van der Waals surface area contributed by atoms with Gasteiger partial charge in [-0.2, -0.15) is 0 Å². The molecule has 0 aliphatic heterocycles. The third-order valence-electron chi connectivity index (χ3n) is 3.90. The zero-order valence-electron chi connectivity index (χ0n) is 12.2. The fraction of sp³-hybridized carbons (Fsp3) is 0.500. The molecule has 0 saturated heterocycles. The molecular formula is C16H21NO4. The molecule has 1 aromatic rings. The Morgan fingerprint density at radius 1 is 1.33 bits per heavy atom. The molecule has 2 atom stereocenters. The quantitative estimate of drug-likeness (QED) is 0.872. The van der Waals surface area contributed by atoms with E-state index in [-0.39, 0.29) is 11.9 Å². The van der Waals surface area contributed by atoms with Gasteiger partial charge in [-0.1, -0.05) is 25.0 Å². The van der Waals surface area contributed by atoms with Gasteiger partial charge in [0.15, 0.2) is 0 Å². The maximum absolute atomic E-state index is 12.3. The van der Waals surface area contributed by atoms with Gasteiger partial charge < -0.3 is 15.2 Å². The number of benzene rings is 1. The van der Waals surface area contributed by atoms with E-state index in [1.807, 2.05) is 6.07 Å². The van der Waals surface area contributed by atoms with Crippen molar-refractivity contribution in [2.45, 2.75) is 38.3 Å². The van der Waals surface area contributed by atoms with Gasteiger partial charge in [0.05, 0.1) is 12.5 Å². The Balaban J connectivity index is 2.06. The smallest absolute Gasteiger partial charge is 0.308 e. The summed E-state index contributed by atoms with van der Waals surface area (Å²) in [6.45, 7) is 0.447. The summed E-state index contributed by atoms with van der Waals surface area (Å²) in [7, 11) is 1.60. The summed E-state index contributed by atoms with van der Waals surface area (Å²) in [5.41, 5.74) is 1.46. The number of aliphatic carboxylic acids is 1. The molecule has 5 nitrogen and oxygen atoms in total. The molecule has 1 aromatic carbocycles. The summed E-state index contributed by atoms with van der Waals surface area (Å²) in [6.07, 6.45) is 3.22. The Bertz CT molecular complexity index is 515. The molecule has 0 bridgehead atoms. The van der Waals surface area contributed by atoms with Crippen molar-refractivity contribution in [3.63, 3.8) is 0 Å². The van der Waals surface area contributed by atoms with E-state index in [0.717, 1.165) is 24.8 Å². The minimum atomic E-state index is -0.826. The van der Waals surface area contributed by atoms with E-state index in [0.29, 0.717) is 18.6 Å². The number of hydrogen-bond acceptors (Lipinski definition) is 3. The first-order valence-electron chi connectivity index (χ1n) is 7.23. The third kappa shape index (κ3) is 4.04. The van der Waals surface area contributed by atoms with Crippen molar-refractivity contribution in [2.75, 3.05) is 7.11 Å². The summed E-state index contributed by atoms with van der Waals surface area (Å²) in [5.74, 6) is -1.52. The molecule has 0 radical (unpaired) electrons. The van der Waals surface area contributed by atoms with Crippen LogP contribution < -0.4 is 5.32 Å². The number of rotatable bonds is 5. The minimum Gasteiger partial charge on any atom is -0.481 e. The molecule has 5 heteroatoms. The number of methoxy groups -OCH3 is 1. The number of carboxylic acids is 1. The third-order valence-corrected chi connectivity index (χ3v) is 3.90. The highest BCUT2D eigenvalue weighted by Crippen LogP contribution is 2.25. The molecular weight excluding hydrogens is 270 g/mol. The molecule has 21 heavy (non-hydrogen) atoms. The number of carbonyl (C=O) groups is 2. The van der Waals surface area contributed by atoms with Crippen molar-refractivity contribution < 1.29 is 19.4 Å². The van der Waals surface area contributed by atoms with E-state index in [1.54, 1.807) is 25.3 Å². The summed E-state index contributed by atoms with van der Waals surface area (Å²) in [5, 5.41) is 12.1. The Kier molecular flexibility index (Phi) is 5.33. The monoisotopic (exact) mass is 291 g/mol. The topological polar surface area (TPSA) is 75.6 Å². The Hall–Kier alpha value is -1.88. The number of nitrogens with one attached hydrogen (secondary N) is 1. The molecule has 2 rings (SSSR count). The van der Waals surface area contributed by atoms with Crippen LogP contribution in [0.25, 0.3) is 0 Å². The predicted molar refractivity (Wildman–Crippen MR) is 78.0 cm³/mol. The summed E-state index contributed by atoms with van der Waals surface area (Å²) < 4.78 is 5.05. The van der Waals surface area contributed by atoms with Crippen LogP contribution in [-0.2, 0) is 16.1 Å². The molecule has 0 spiro atoms.